The van der Waals surface area contributed by atoms with E-state index in [1.54, 1.807) is 0 Å². The maximum atomic E-state index is 12.6. The van der Waals surface area contributed by atoms with Crippen LogP contribution in [-0.4, -0.2) is 42.3 Å². The Hall–Kier alpha value is -3.10. The van der Waals surface area contributed by atoms with Crippen molar-refractivity contribution in [1.82, 2.24) is 19.1 Å². The molecule has 3 rings (SSSR count). The van der Waals surface area contributed by atoms with Crippen LogP contribution >= 0.6 is 0 Å². The molecule has 1 fully saturated rings. The molecule has 0 aromatic carbocycles. The number of hydrogen-bond acceptors (Lipinski definition) is 7. The lowest BCUT2D eigenvalue weighted by Gasteiger charge is -2.15. The van der Waals surface area contributed by atoms with Crippen molar-refractivity contribution in [2.45, 2.75) is 31.4 Å². The van der Waals surface area contributed by atoms with Gasteiger partial charge in [-0.05, 0) is 0 Å². The fraction of sp³-hybridized carbons (Fsp3) is 0.385. The van der Waals surface area contributed by atoms with Crippen LogP contribution in [-0.2, 0) is 16.1 Å². The van der Waals surface area contributed by atoms with Crippen LogP contribution in [0.25, 0.3) is 11.2 Å². The molecule has 6 N–H and O–H groups in total. The summed E-state index contributed by atoms with van der Waals surface area (Å²) in [6, 6.07) is 0. The SMILES string of the molecule is C#CCn1c(=O)n([C@@H]2O[C@H](C(N)=O)C[C@H]2O)c2nc(N)[nH]c(=O)c21. The van der Waals surface area contributed by atoms with E-state index >= 15 is 0 Å². The highest BCUT2D eigenvalue weighted by atomic mass is 16.5. The number of imidazole rings is 1. The van der Waals surface area contributed by atoms with Gasteiger partial charge in [0.25, 0.3) is 5.56 Å². The average Bonchev–Trinajstić information content (AvgIpc) is 2.99. The lowest BCUT2D eigenvalue weighted by molar-refractivity contribution is -0.131. The van der Waals surface area contributed by atoms with Gasteiger partial charge in [-0.15, -0.1) is 6.42 Å². The summed E-state index contributed by atoms with van der Waals surface area (Å²) in [6.07, 6.45) is 1.63. The fourth-order valence-electron chi connectivity index (χ4n) is 2.73. The third-order valence-corrected chi connectivity index (χ3v) is 3.74. The predicted molar refractivity (Wildman–Crippen MR) is 81.6 cm³/mol. The first-order chi connectivity index (χ1) is 11.3. The Morgan fingerprint density at radius 2 is 2.25 bits per heavy atom. The second-order valence-electron chi connectivity index (χ2n) is 5.29. The fourth-order valence-corrected chi connectivity index (χ4v) is 2.73. The van der Waals surface area contributed by atoms with Gasteiger partial charge in [-0.25, -0.2) is 9.36 Å². The molecule has 3 atom stereocenters. The standard InChI is InChI=1S/C13H14N6O5/c1-2-3-18-7-9(16-12(15)17-10(7)22)19(13(18)23)11-5(20)4-6(24-11)8(14)21/h1,5-6,11,20H,3-4H2,(H2,14,21)(H3,15,16,17,22)/t5-,6+,11-/m1/s1. The van der Waals surface area contributed by atoms with Crippen LogP contribution in [0.3, 0.4) is 0 Å². The number of aliphatic hydroxyl groups excluding tert-OH is 1. The van der Waals surface area contributed by atoms with Gasteiger partial charge < -0.3 is 21.3 Å². The number of rotatable bonds is 3. The third kappa shape index (κ3) is 2.25. The van der Waals surface area contributed by atoms with Gasteiger partial charge in [0.1, 0.15) is 12.2 Å². The van der Waals surface area contributed by atoms with Gasteiger partial charge in [0, 0.05) is 6.42 Å². The van der Waals surface area contributed by atoms with E-state index in [0.29, 0.717) is 0 Å². The zero-order valence-corrected chi connectivity index (χ0v) is 12.3. The van der Waals surface area contributed by atoms with Crippen LogP contribution in [0.15, 0.2) is 9.59 Å². The summed E-state index contributed by atoms with van der Waals surface area (Å²) in [5, 5.41) is 10.1. The van der Waals surface area contributed by atoms with Crippen molar-refractivity contribution in [1.29, 1.82) is 0 Å². The Morgan fingerprint density at radius 3 is 2.83 bits per heavy atom. The van der Waals surface area contributed by atoms with E-state index in [2.05, 4.69) is 15.9 Å². The number of amides is 1. The number of primary amides is 1. The lowest BCUT2D eigenvalue weighted by Crippen LogP contribution is -2.32. The van der Waals surface area contributed by atoms with Gasteiger partial charge >= 0.3 is 5.69 Å². The van der Waals surface area contributed by atoms with Gasteiger partial charge in [0.05, 0.1) is 6.54 Å². The smallest absolute Gasteiger partial charge is 0.333 e. The number of aromatic amines is 1. The summed E-state index contributed by atoms with van der Waals surface area (Å²) >= 11 is 0. The number of anilines is 1. The number of nitrogens with two attached hydrogens (primary N) is 2. The highest BCUT2D eigenvalue weighted by Gasteiger charge is 2.40. The van der Waals surface area contributed by atoms with Crippen molar-refractivity contribution >= 4 is 23.0 Å². The van der Waals surface area contributed by atoms with Crippen LogP contribution in [0.1, 0.15) is 12.6 Å². The molecule has 0 radical (unpaired) electrons. The van der Waals surface area contributed by atoms with Gasteiger partial charge in [-0.1, -0.05) is 5.92 Å². The maximum Gasteiger partial charge on any atom is 0.333 e. The normalized spacial score (nSPS) is 23.4. The summed E-state index contributed by atoms with van der Waals surface area (Å²) in [5.74, 6) is 1.26. The molecule has 1 amide bonds. The predicted octanol–water partition coefficient (Wildman–Crippen LogP) is -2.76. The van der Waals surface area contributed by atoms with Gasteiger partial charge in [0.15, 0.2) is 17.4 Å². The minimum absolute atomic E-state index is 0.0904. The number of hydrogen-bond donors (Lipinski definition) is 4. The van der Waals surface area contributed by atoms with Crippen LogP contribution in [0, 0.1) is 12.3 Å². The van der Waals surface area contributed by atoms with E-state index in [-0.39, 0.29) is 30.1 Å². The first kappa shape index (κ1) is 15.8. The Bertz CT molecular complexity index is 980. The molecule has 0 saturated carbocycles. The Labute approximate surface area is 133 Å². The molecule has 0 unspecified atom stereocenters. The van der Waals surface area contributed by atoms with Crippen LogP contribution < -0.4 is 22.7 Å². The van der Waals surface area contributed by atoms with E-state index in [4.69, 9.17) is 22.6 Å². The van der Waals surface area contributed by atoms with E-state index in [1.807, 2.05) is 0 Å². The summed E-state index contributed by atoms with van der Waals surface area (Å²) in [4.78, 5) is 42.3. The van der Waals surface area contributed by atoms with E-state index in [0.717, 1.165) is 9.13 Å². The molecular weight excluding hydrogens is 320 g/mol. The summed E-state index contributed by atoms with van der Waals surface area (Å²) < 4.78 is 7.32. The van der Waals surface area contributed by atoms with Crippen molar-refractivity contribution < 1.29 is 14.6 Å². The molecule has 126 valence electrons. The number of ether oxygens (including phenoxy) is 1. The number of nitrogens with one attached hydrogen (secondary N) is 1. The van der Waals surface area contributed by atoms with Gasteiger partial charge in [-0.2, -0.15) is 4.98 Å². The van der Waals surface area contributed by atoms with Crippen molar-refractivity contribution in [3.8, 4) is 12.3 Å². The molecule has 0 bridgehead atoms. The Morgan fingerprint density at radius 1 is 1.54 bits per heavy atom. The number of nitrogen functional groups attached to an aromatic ring is 1. The molecule has 0 spiro atoms. The molecular formula is C13H14N6O5. The summed E-state index contributed by atoms with van der Waals surface area (Å²) in [6.45, 7) is -0.195. The number of H-pyrrole nitrogens is 1. The number of carbonyl (C=O) groups is 1. The molecule has 11 nitrogen and oxygen atoms in total. The number of terminal acetylenes is 1. The van der Waals surface area contributed by atoms with Crippen molar-refractivity contribution in [2.24, 2.45) is 5.73 Å². The quantitative estimate of drug-likeness (QED) is 0.440. The van der Waals surface area contributed by atoms with Crippen molar-refractivity contribution in [2.75, 3.05) is 5.73 Å². The second kappa shape index (κ2) is 5.52. The zero-order chi connectivity index (χ0) is 17.6. The van der Waals surface area contributed by atoms with Crippen molar-refractivity contribution in [3.63, 3.8) is 0 Å². The molecule has 2 aromatic heterocycles. The first-order valence-corrected chi connectivity index (χ1v) is 6.92. The van der Waals surface area contributed by atoms with Crippen LogP contribution in [0.4, 0.5) is 5.95 Å². The number of aliphatic hydroxyl groups is 1. The van der Waals surface area contributed by atoms with Gasteiger partial charge in [-0.3, -0.25) is 19.1 Å². The largest absolute Gasteiger partial charge is 0.388 e. The molecule has 3 heterocycles. The number of fused-ring (bicyclic) bond motifs is 1. The lowest BCUT2D eigenvalue weighted by atomic mass is 10.2. The molecule has 11 heteroatoms. The number of carbonyl (C=O) groups excluding carboxylic acids is 1. The molecule has 1 aliphatic rings. The van der Waals surface area contributed by atoms with Crippen LogP contribution in [0.2, 0.25) is 0 Å². The second-order valence-corrected chi connectivity index (χ2v) is 5.29. The number of aromatic nitrogens is 4. The van der Waals surface area contributed by atoms with E-state index in [9.17, 15) is 19.5 Å². The molecule has 2 aromatic rings. The Balaban J connectivity index is 2.27. The average molecular weight is 334 g/mol. The molecule has 1 aliphatic heterocycles. The topological polar surface area (TPSA) is 171 Å². The van der Waals surface area contributed by atoms with Gasteiger partial charge in [0.2, 0.25) is 11.9 Å². The Kier molecular flexibility index (Phi) is 3.63. The molecule has 1 saturated heterocycles. The molecule has 0 aliphatic carbocycles. The van der Waals surface area contributed by atoms with Crippen molar-refractivity contribution in [3.05, 3.63) is 20.8 Å². The highest BCUT2D eigenvalue weighted by molar-refractivity contribution is 5.79. The third-order valence-electron chi connectivity index (χ3n) is 3.74. The maximum absolute atomic E-state index is 12.6. The van der Waals surface area contributed by atoms with E-state index < -0.39 is 35.6 Å². The summed E-state index contributed by atoms with van der Waals surface area (Å²) in [5.41, 5.74) is 9.10. The molecule has 24 heavy (non-hydrogen) atoms. The highest BCUT2D eigenvalue weighted by Crippen LogP contribution is 2.29. The van der Waals surface area contributed by atoms with E-state index in [1.165, 1.54) is 0 Å². The zero-order valence-electron chi connectivity index (χ0n) is 12.3. The minimum atomic E-state index is -1.25. The first-order valence-electron chi connectivity index (χ1n) is 6.92. The number of nitrogens with zero attached hydrogens (tertiary/aromatic N) is 3. The van der Waals surface area contributed by atoms with Crippen LogP contribution in [0.5, 0.6) is 0 Å². The monoisotopic (exact) mass is 334 g/mol. The summed E-state index contributed by atoms with van der Waals surface area (Å²) in [7, 11) is 0. The minimum Gasteiger partial charge on any atom is -0.388 e.